The number of hydrogen-bond donors (Lipinski definition) is 2. The molecule has 5 nitrogen and oxygen atoms in total. The van der Waals surface area contributed by atoms with E-state index in [1.54, 1.807) is 31.4 Å². The smallest absolute Gasteiger partial charge is 0.251 e. The van der Waals surface area contributed by atoms with Gasteiger partial charge >= 0.3 is 0 Å². The second kappa shape index (κ2) is 7.94. The highest BCUT2D eigenvalue weighted by Crippen LogP contribution is 2.30. The molecule has 1 unspecified atom stereocenters. The van der Waals surface area contributed by atoms with Crippen LogP contribution >= 0.6 is 0 Å². The molecular weight excluding hydrogens is 316 g/mol. The molecule has 5 heteroatoms. The first-order valence-corrected chi connectivity index (χ1v) is 8.44. The van der Waals surface area contributed by atoms with Crippen molar-refractivity contribution in [2.24, 2.45) is 5.92 Å². The van der Waals surface area contributed by atoms with Crippen LogP contribution in [-0.2, 0) is 9.53 Å². The fourth-order valence-electron chi connectivity index (χ4n) is 2.62. The molecule has 0 aromatic heterocycles. The second-order valence-electron chi connectivity index (χ2n) is 6.19. The van der Waals surface area contributed by atoms with Crippen molar-refractivity contribution in [1.29, 1.82) is 0 Å². The third kappa shape index (κ3) is 4.67. The van der Waals surface area contributed by atoms with Gasteiger partial charge in [0, 0.05) is 30.8 Å². The summed E-state index contributed by atoms with van der Waals surface area (Å²) in [6, 6.07) is 16.7. The van der Waals surface area contributed by atoms with Gasteiger partial charge in [-0.15, -0.1) is 0 Å². The van der Waals surface area contributed by atoms with Crippen LogP contribution in [0.4, 0.5) is 5.69 Å². The Morgan fingerprint density at radius 2 is 1.88 bits per heavy atom. The lowest BCUT2D eigenvalue weighted by atomic mass is 10.1. The summed E-state index contributed by atoms with van der Waals surface area (Å²) in [4.78, 5) is 24.2. The number of amides is 2. The number of nitrogens with one attached hydrogen (secondary N) is 2. The summed E-state index contributed by atoms with van der Waals surface area (Å²) >= 11 is 0. The maximum atomic E-state index is 12.4. The predicted molar refractivity (Wildman–Crippen MR) is 96.3 cm³/mol. The van der Waals surface area contributed by atoms with Crippen molar-refractivity contribution >= 4 is 17.5 Å². The molecule has 0 heterocycles. The first-order chi connectivity index (χ1) is 12.2. The predicted octanol–water partition coefficient (Wildman–Crippen LogP) is 3.15. The van der Waals surface area contributed by atoms with Crippen molar-refractivity contribution in [3.05, 3.63) is 65.7 Å². The van der Waals surface area contributed by atoms with Crippen LogP contribution in [0.3, 0.4) is 0 Å². The zero-order chi connectivity index (χ0) is 17.6. The minimum absolute atomic E-state index is 0.0288. The van der Waals surface area contributed by atoms with Crippen LogP contribution in [0.2, 0.25) is 0 Å². The van der Waals surface area contributed by atoms with Gasteiger partial charge in [0.25, 0.3) is 5.91 Å². The average molecular weight is 338 g/mol. The first-order valence-electron chi connectivity index (χ1n) is 8.44. The van der Waals surface area contributed by atoms with E-state index in [0.29, 0.717) is 17.8 Å². The number of carbonyl (C=O) groups excluding carboxylic acids is 2. The van der Waals surface area contributed by atoms with Gasteiger partial charge in [-0.1, -0.05) is 36.4 Å². The van der Waals surface area contributed by atoms with Crippen molar-refractivity contribution in [2.75, 3.05) is 19.0 Å². The maximum absolute atomic E-state index is 12.4. The molecule has 2 aromatic carbocycles. The quantitative estimate of drug-likeness (QED) is 0.815. The summed E-state index contributed by atoms with van der Waals surface area (Å²) in [6.07, 6.45) is 1.69. The minimum atomic E-state index is -0.206. The standard InChI is InChI=1S/C20H22N2O3/c1-25-18(14-6-3-2-4-7-14)13-21-19(23)16-8-5-9-17(12-16)22-20(24)15-10-11-15/h2-9,12,15,18H,10-11,13H2,1H3,(H,21,23)(H,22,24). The molecule has 2 N–H and O–H groups in total. The number of rotatable bonds is 7. The molecule has 1 fully saturated rings. The van der Waals surface area contributed by atoms with E-state index in [-0.39, 0.29) is 23.8 Å². The van der Waals surface area contributed by atoms with E-state index in [4.69, 9.17) is 4.74 Å². The number of benzene rings is 2. The van der Waals surface area contributed by atoms with E-state index >= 15 is 0 Å². The Labute approximate surface area is 147 Å². The molecule has 25 heavy (non-hydrogen) atoms. The summed E-state index contributed by atoms with van der Waals surface area (Å²) in [5.41, 5.74) is 2.17. The van der Waals surface area contributed by atoms with Gasteiger partial charge < -0.3 is 15.4 Å². The monoisotopic (exact) mass is 338 g/mol. The van der Waals surface area contributed by atoms with Crippen LogP contribution in [-0.4, -0.2) is 25.5 Å². The Hall–Kier alpha value is -2.66. The highest BCUT2D eigenvalue weighted by Gasteiger charge is 2.29. The van der Waals surface area contributed by atoms with Crippen molar-refractivity contribution in [2.45, 2.75) is 18.9 Å². The molecule has 1 aliphatic carbocycles. The van der Waals surface area contributed by atoms with Gasteiger partial charge in [0.05, 0.1) is 6.10 Å². The van der Waals surface area contributed by atoms with Gasteiger partial charge in [0.2, 0.25) is 5.91 Å². The number of carbonyl (C=O) groups is 2. The summed E-state index contributed by atoms with van der Waals surface area (Å²) in [5.74, 6) is -0.0348. The SMILES string of the molecule is COC(CNC(=O)c1cccc(NC(=O)C2CC2)c1)c1ccccc1. The lowest BCUT2D eigenvalue weighted by molar-refractivity contribution is -0.117. The molecule has 1 saturated carbocycles. The van der Waals surface area contributed by atoms with Gasteiger partial charge in [0.1, 0.15) is 0 Å². The van der Waals surface area contributed by atoms with Crippen molar-refractivity contribution in [3.63, 3.8) is 0 Å². The summed E-state index contributed by atoms with van der Waals surface area (Å²) in [7, 11) is 1.62. The molecule has 2 amide bonds. The van der Waals surface area contributed by atoms with Crippen LogP contribution in [0.15, 0.2) is 54.6 Å². The zero-order valence-corrected chi connectivity index (χ0v) is 14.2. The van der Waals surface area contributed by atoms with Gasteiger partial charge in [-0.05, 0) is 36.6 Å². The van der Waals surface area contributed by atoms with Gasteiger partial charge in [-0.2, -0.15) is 0 Å². The lowest BCUT2D eigenvalue weighted by Crippen LogP contribution is -2.29. The largest absolute Gasteiger partial charge is 0.375 e. The summed E-state index contributed by atoms with van der Waals surface area (Å²) in [6.45, 7) is 0.373. The van der Waals surface area contributed by atoms with Crippen LogP contribution < -0.4 is 10.6 Å². The van der Waals surface area contributed by atoms with Gasteiger partial charge in [0.15, 0.2) is 0 Å². The molecule has 1 atom stereocenters. The number of hydrogen-bond acceptors (Lipinski definition) is 3. The van der Waals surface area contributed by atoms with E-state index in [9.17, 15) is 9.59 Å². The van der Waals surface area contributed by atoms with Crippen LogP contribution in [0.25, 0.3) is 0 Å². The molecule has 1 aliphatic rings. The maximum Gasteiger partial charge on any atom is 0.251 e. The Morgan fingerprint density at radius 1 is 1.12 bits per heavy atom. The van der Waals surface area contributed by atoms with Crippen LogP contribution in [0, 0.1) is 5.92 Å². The van der Waals surface area contributed by atoms with E-state index in [1.165, 1.54) is 0 Å². The molecule has 3 rings (SSSR count). The Kier molecular flexibility index (Phi) is 5.46. The molecule has 0 spiro atoms. The number of methoxy groups -OCH3 is 1. The molecule has 130 valence electrons. The zero-order valence-electron chi connectivity index (χ0n) is 14.2. The molecule has 0 bridgehead atoms. The van der Waals surface area contributed by atoms with E-state index in [0.717, 1.165) is 18.4 Å². The third-order valence-corrected chi connectivity index (χ3v) is 4.24. The minimum Gasteiger partial charge on any atom is -0.375 e. The van der Waals surface area contributed by atoms with Crippen molar-refractivity contribution in [3.8, 4) is 0 Å². The van der Waals surface area contributed by atoms with Crippen LogP contribution in [0.5, 0.6) is 0 Å². The van der Waals surface area contributed by atoms with Gasteiger partial charge in [-0.25, -0.2) is 0 Å². The van der Waals surface area contributed by atoms with Gasteiger partial charge in [-0.3, -0.25) is 9.59 Å². The van der Waals surface area contributed by atoms with E-state index in [1.807, 2.05) is 30.3 Å². The highest BCUT2D eigenvalue weighted by molar-refractivity contribution is 5.98. The number of ether oxygens (including phenoxy) is 1. The Balaban J connectivity index is 1.59. The Bertz CT molecular complexity index is 742. The third-order valence-electron chi connectivity index (χ3n) is 4.24. The number of anilines is 1. The fourth-order valence-corrected chi connectivity index (χ4v) is 2.62. The lowest BCUT2D eigenvalue weighted by Gasteiger charge is -2.16. The first kappa shape index (κ1) is 17.2. The Morgan fingerprint density at radius 3 is 2.56 bits per heavy atom. The van der Waals surface area contributed by atoms with E-state index < -0.39 is 0 Å². The fraction of sp³-hybridized carbons (Fsp3) is 0.300. The molecule has 0 aliphatic heterocycles. The molecule has 0 saturated heterocycles. The normalized spacial score (nSPS) is 14.6. The molecular formula is C20H22N2O3. The van der Waals surface area contributed by atoms with Crippen molar-refractivity contribution in [1.82, 2.24) is 5.32 Å². The average Bonchev–Trinajstić information content (AvgIpc) is 3.48. The van der Waals surface area contributed by atoms with E-state index in [2.05, 4.69) is 10.6 Å². The van der Waals surface area contributed by atoms with Crippen LogP contribution in [0.1, 0.15) is 34.9 Å². The molecule has 0 radical (unpaired) electrons. The van der Waals surface area contributed by atoms with Crippen molar-refractivity contribution < 1.29 is 14.3 Å². The molecule has 2 aromatic rings. The highest BCUT2D eigenvalue weighted by atomic mass is 16.5. The topological polar surface area (TPSA) is 67.4 Å². The summed E-state index contributed by atoms with van der Waals surface area (Å²) in [5, 5.41) is 5.74. The second-order valence-corrected chi connectivity index (χ2v) is 6.19. The summed E-state index contributed by atoms with van der Waals surface area (Å²) < 4.78 is 5.46.